The first kappa shape index (κ1) is 23.8. The van der Waals surface area contributed by atoms with Crippen LogP contribution in [0.25, 0.3) is 22.3 Å². The summed E-state index contributed by atoms with van der Waals surface area (Å²) in [5, 5.41) is 10.00. The molecule has 1 aromatic heterocycles. The minimum absolute atomic E-state index is 0.0292. The molecule has 5 aromatic rings. The number of rotatable bonds is 4. The molecule has 0 spiro atoms. The van der Waals surface area contributed by atoms with Crippen molar-refractivity contribution >= 4 is 28.1 Å². The lowest BCUT2D eigenvalue weighted by molar-refractivity contribution is -0.108. The molecular formula is C35H22N2O2. The molecule has 184 valence electrons. The lowest BCUT2D eigenvalue weighted by Crippen LogP contribution is -2.01. The number of aromatic hydroxyl groups is 1. The van der Waals surface area contributed by atoms with E-state index in [1.54, 1.807) is 24.5 Å². The van der Waals surface area contributed by atoms with Gasteiger partial charge in [-0.15, -0.1) is 0 Å². The number of aromatic nitrogens is 2. The van der Waals surface area contributed by atoms with Crippen molar-refractivity contribution in [3.8, 4) is 17.6 Å². The molecule has 1 aliphatic carbocycles. The maximum atomic E-state index is 14.3. The molecule has 0 saturated heterocycles. The second-order valence-electron chi connectivity index (χ2n) is 9.06. The highest BCUT2D eigenvalue weighted by atomic mass is 16.3. The first-order valence-electron chi connectivity index (χ1n) is 12.5. The van der Waals surface area contributed by atoms with Crippen LogP contribution in [0.3, 0.4) is 0 Å². The molecule has 4 heteroatoms. The van der Waals surface area contributed by atoms with Crippen LogP contribution in [-0.4, -0.2) is 20.9 Å². The van der Waals surface area contributed by atoms with Crippen LogP contribution >= 0.6 is 0 Å². The molecule has 1 heterocycles. The van der Waals surface area contributed by atoms with Gasteiger partial charge in [-0.3, -0.25) is 4.79 Å². The zero-order chi connectivity index (χ0) is 26.6. The van der Waals surface area contributed by atoms with Crippen molar-refractivity contribution in [3.63, 3.8) is 0 Å². The third-order valence-corrected chi connectivity index (χ3v) is 6.57. The van der Waals surface area contributed by atoms with Crippen LogP contribution in [-0.2, 0) is 4.79 Å². The van der Waals surface area contributed by atoms with E-state index < -0.39 is 0 Å². The van der Waals surface area contributed by atoms with Gasteiger partial charge in [0.05, 0.1) is 5.56 Å². The first-order valence-corrected chi connectivity index (χ1v) is 12.5. The fraction of sp³-hybridized carbons (Fsp3) is 0. The molecule has 0 amide bonds. The molecular weight excluding hydrogens is 480 g/mol. The second kappa shape index (κ2) is 10.5. The van der Waals surface area contributed by atoms with Gasteiger partial charge < -0.3 is 5.11 Å². The average Bonchev–Trinajstić information content (AvgIpc) is 3.30. The number of phenols is 1. The van der Waals surface area contributed by atoms with Gasteiger partial charge in [-0.2, -0.15) is 0 Å². The average molecular weight is 503 g/mol. The summed E-state index contributed by atoms with van der Waals surface area (Å²) in [6.45, 7) is 0. The first-order chi connectivity index (χ1) is 19.2. The molecule has 1 aliphatic rings. The Balaban J connectivity index is 1.56. The van der Waals surface area contributed by atoms with Crippen molar-refractivity contribution in [3.05, 3.63) is 161 Å². The van der Waals surface area contributed by atoms with Gasteiger partial charge in [-0.1, -0.05) is 96.8 Å². The molecule has 6 rings (SSSR count). The molecule has 0 radical (unpaired) electrons. The monoisotopic (exact) mass is 502 g/mol. The number of carbonyl (C=O) groups is 1. The van der Waals surface area contributed by atoms with E-state index in [1.807, 2.05) is 97.1 Å². The van der Waals surface area contributed by atoms with Crippen LogP contribution in [0.15, 0.2) is 128 Å². The van der Waals surface area contributed by atoms with Crippen LogP contribution < -0.4 is 0 Å². The summed E-state index contributed by atoms with van der Waals surface area (Å²) in [6, 6.07) is 34.5. The van der Waals surface area contributed by atoms with Gasteiger partial charge in [0, 0.05) is 40.2 Å². The summed E-state index contributed by atoms with van der Waals surface area (Å²) in [6.07, 6.45) is 4.83. The fourth-order valence-electron chi connectivity index (χ4n) is 4.80. The maximum absolute atomic E-state index is 14.3. The van der Waals surface area contributed by atoms with Crippen molar-refractivity contribution in [1.29, 1.82) is 0 Å². The highest BCUT2D eigenvalue weighted by Gasteiger charge is 2.35. The molecule has 39 heavy (non-hydrogen) atoms. The summed E-state index contributed by atoms with van der Waals surface area (Å²) in [5.74, 6) is 6.39. The summed E-state index contributed by atoms with van der Waals surface area (Å²) in [5.41, 5.74) is 8.03. The molecule has 0 fully saturated rings. The predicted molar refractivity (Wildman–Crippen MR) is 154 cm³/mol. The van der Waals surface area contributed by atoms with E-state index in [-0.39, 0.29) is 11.5 Å². The van der Waals surface area contributed by atoms with Crippen LogP contribution in [0, 0.1) is 11.8 Å². The van der Waals surface area contributed by atoms with E-state index in [1.165, 1.54) is 6.33 Å². The number of Topliss-reactive ketones (excluding diaryl/α,β-unsaturated/α-hetero) is 1. The van der Waals surface area contributed by atoms with Gasteiger partial charge in [0.1, 0.15) is 12.1 Å². The Labute approximate surface area is 226 Å². The van der Waals surface area contributed by atoms with Gasteiger partial charge >= 0.3 is 0 Å². The van der Waals surface area contributed by atoms with Gasteiger partial charge in [-0.05, 0) is 46.5 Å². The number of benzene rings is 4. The molecule has 0 bridgehead atoms. The minimum Gasteiger partial charge on any atom is -0.508 e. The van der Waals surface area contributed by atoms with E-state index in [0.717, 1.165) is 44.5 Å². The number of phenolic OH excluding ortho intramolecular Hbond substituents is 1. The number of hydrogen-bond acceptors (Lipinski definition) is 4. The van der Waals surface area contributed by atoms with E-state index in [9.17, 15) is 9.90 Å². The largest absolute Gasteiger partial charge is 0.508 e. The lowest BCUT2D eigenvalue weighted by atomic mass is 9.89. The topological polar surface area (TPSA) is 63.1 Å². The highest BCUT2D eigenvalue weighted by molar-refractivity contribution is 6.59. The van der Waals surface area contributed by atoms with Crippen LogP contribution in [0.4, 0.5) is 0 Å². The van der Waals surface area contributed by atoms with Crippen LogP contribution in [0.2, 0.25) is 0 Å². The third kappa shape index (κ3) is 4.77. The smallest absolute Gasteiger partial charge is 0.195 e. The number of nitrogens with zero attached hydrogens (tertiary/aromatic N) is 2. The van der Waals surface area contributed by atoms with E-state index >= 15 is 0 Å². The highest BCUT2D eigenvalue weighted by Crippen LogP contribution is 2.49. The molecule has 0 saturated carbocycles. The van der Waals surface area contributed by atoms with E-state index in [0.29, 0.717) is 11.1 Å². The summed E-state index contributed by atoms with van der Waals surface area (Å²) in [4.78, 5) is 22.3. The molecule has 0 aliphatic heterocycles. The number of ketones is 1. The van der Waals surface area contributed by atoms with Crippen LogP contribution in [0.1, 0.15) is 33.4 Å². The molecule has 4 nitrogen and oxygen atoms in total. The summed E-state index contributed by atoms with van der Waals surface area (Å²) >= 11 is 0. The van der Waals surface area contributed by atoms with Gasteiger partial charge in [0.2, 0.25) is 0 Å². The Morgan fingerprint density at radius 1 is 0.487 bits per heavy atom. The normalized spacial score (nSPS) is 12.9. The van der Waals surface area contributed by atoms with Crippen molar-refractivity contribution in [2.24, 2.45) is 0 Å². The second-order valence-corrected chi connectivity index (χ2v) is 9.06. The molecule has 0 atom stereocenters. The zero-order valence-corrected chi connectivity index (χ0v) is 20.9. The standard InChI is InChI=1S/C35H22N2O2/c38-30-19-17-29(18-20-30)32-31(28-15-13-24(14-16-28)11-12-25-21-36-23-37-22-25)33(26-7-3-1-4-8-26)35(39)34(32)27-9-5-2-6-10-27/h1-10,13-23,38H. The fourth-order valence-corrected chi connectivity index (χ4v) is 4.80. The van der Waals surface area contributed by atoms with Gasteiger partial charge in [0.25, 0.3) is 0 Å². The maximum Gasteiger partial charge on any atom is 0.195 e. The molecule has 1 N–H and O–H groups in total. The van der Waals surface area contributed by atoms with Gasteiger partial charge in [-0.25, -0.2) is 9.97 Å². The lowest BCUT2D eigenvalue weighted by Gasteiger charge is -2.14. The number of allylic oxidation sites excluding steroid dienone is 4. The van der Waals surface area contributed by atoms with Crippen molar-refractivity contribution in [1.82, 2.24) is 9.97 Å². The predicted octanol–water partition coefficient (Wildman–Crippen LogP) is 6.69. The molecule has 4 aromatic carbocycles. The number of carbonyl (C=O) groups excluding carboxylic acids is 1. The van der Waals surface area contributed by atoms with E-state index in [2.05, 4.69) is 21.8 Å². The summed E-state index contributed by atoms with van der Waals surface area (Å²) < 4.78 is 0. The quantitative estimate of drug-likeness (QED) is 0.278. The van der Waals surface area contributed by atoms with E-state index in [4.69, 9.17) is 0 Å². The Hall–Kier alpha value is -5.53. The summed E-state index contributed by atoms with van der Waals surface area (Å²) in [7, 11) is 0. The van der Waals surface area contributed by atoms with Crippen molar-refractivity contribution in [2.75, 3.05) is 0 Å². The van der Waals surface area contributed by atoms with Crippen LogP contribution in [0.5, 0.6) is 5.75 Å². The zero-order valence-electron chi connectivity index (χ0n) is 20.9. The Kier molecular flexibility index (Phi) is 6.39. The minimum atomic E-state index is -0.0292. The number of hydrogen-bond donors (Lipinski definition) is 1. The third-order valence-electron chi connectivity index (χ3n) is 6.57. The van der Waals surface area contributed by atoms with Gasteiger partial charge in [0.15, 0.2) is 5.78 Å². The Morgan fingerprint density at radius 3 is 1.44 bits per heavy atom. The van der Waals surface area contributed by atoms with Crippen molar-refractivity contribution < 1.29 is 9.90 Å². The van der Waals surface area contributed by atoms with Crippen molar-refractivity contribution in [2.45, 2.75) is 0 Å². The Morgan fingerprint density at radius 2 is 0.923 bits per heavy atom. The molecule has 0 unspecified atom stereocenters. The SMILES string of the molecule is O=C1C(c2ccccc2)=C(c2ccc(O)cc2)C(c2ccc(C#Cc3cncnc3)cc2)=C1c1ccccc1. The Bertz CT molecular complexity index is 1780.